The van der Waals surface area contributed by atoms with E-state index >= 15 is 0 Å². The van der Waals surface area contributed by atoms with Gasteiger partial charge in [0.15, 0.2) is 0 Å². The Morgan fingerprint density at radius 3 is 2.33 bits per heavy atom. The molecular formula is C20H21N3O6S. The first kappa shape index (κ1) is 21.6. The van der Waals surface area contributed by atoms with Gasteiger partial charge < -0.3 is 10.1 Å². The molecule has 1 fully saturated rings. The van der Waals surface area contributed by atoms with Crippen LogP contribution in [0.1, 0.15) is 29.3 Å². The van der Waals surface area contributed by atoms with Crippen LogP contribution in [0.15, 0.2) is 53.4 Å². The number of nitrogens with one attached hydrogen (secondary N) is 1. The first-order valence-electron chi connectivity index (χ1n) is 9.20. The van der Waals surface area contributed by atoms with E-state index in [4.69, 9.17) is 9.88 Å². The smallest absolute Gasteiger partial charge is 0.338 e. The molecule has 1 heterocycles. The van der Waals surface area contributed by atoms with Gasteiger partial charge in [0, 0.05) is 6.54 Å². The minimum Gasteiger partial charge on any atom is -0.462 e. The van der Waals surface area contributed by atoms with Crippen molar-refractivity contribution in [2.45, 2.75) is 30.8 Å². The number of hydrogen-bond acceptors (Lipinski definition) is 7. The minimum atomic E-state index is -3.77. The second kappa shape index (κ2) is 8.74. The van der Waals surface area contributed by atoms with Crippen LogP contribution >= 0.6 is 0 Å². The largest absolute Gasteiger partial charge is 0.462 e. The summed E-state index contributed by atoms with van der Waals surface area (Å²) in [6.45, 7) is 2.22. The molecule has 0 unspecified atom stereocenters. The van der Waals surface area contributed by atoms with Gasteiger partial charge in [-0.1, -0.05) is 12.1 Å². The lowest BCUT2D eigenvalue weighted by molar-refractivity contribution is -0.121. The lowest BCUT2D eigenvalue weighted by atomic mass is 10.2. The number of nitrogens with two attached hydrogens (primary N) is 1. The van der Waals surface area contributed by atoms with Gasteiger partial charge in [-0.2, -0.15) is 0 Å². The van der Waals surface area contributed by atoms with E-state index in [0.29, 0.717) is 11.3 Å². The van der Waals surface area contributed by atoms with Crippen LogP contribution in [0.4, 0.5) is 5.69 Å². The number of carbonyl (C=O) groups is 3. The second-order valence-corrected chi connectivity index (χ2v) is 8.22. The number of ether oxygens (including phenoxy) is 1. The van der Waals surface area contributed by atoms with Crippen molar-refractivity contribution in [2.75, 3.05) is 11.5 Å². The quantitative estimate of drug-likeness (QED) is 0.492. The van der Waals surface area contributed by atoms with Gasteiger partial charge >= 0.3 is 5.97 Å². The van der Waals surface area contributed by atoms with Crippen molar-refractivity contribution in [3.8, 4) is 0 Å². The van der Waals surface area contributed by atoms with Crippen LogP contribution in [0, 0.1) is 0 Å². The summed E-state index contributed by atoms with van der Waals surface area (Å²) < 4.78 is 27.5. The van der Waals surface area contributed by atoms with Gasteiger partial charge in [-0.05, 0) is 48.9 Å². The fourth-order valence-corrected chi connectivity index (χ4v) is 3.58. The second-order valence-electron chi connectivity index (χ2n) is 6.66. The molecule has 1 aliphatic heterocycles. The van der Waals surface area contributed by atoms with Crippen molar-refractivity contribution in [1.29, 1.82) is 0 Å². The fourth-order valence-electron chi connectivity index (χ4n) is 3.06. The molecule has 2 aromatic carbocycles. The molecule has 1 aliphatic rings. The predicted octanol–water partition coefficient (Wildman–Crippen LogP) is 0.932. The topological polar surface area (TPSA) is 136 Å². The average Bonchev–Trinajstić information content (AvgIpc) is 2.99. The highest BCUT2D eigenvalue weighted by atomic mass is 32.2. The van der Waals surface area contributed by atoms with E-state index in [1.165, 1.54) is 36.4 Å². The molecule has 9 nitrogen and oxygen atoms in total. The first-order valence-corrected chi connectivity index (χ1v) is 10.7. The Morgan fingerprint density at radius 2 is 1.77 bits per heavy atom. The molecule has 10 heteroatoms. The van der Waals surface area contributed by atoms with Crippen LogP contribution in [0.25, 0.3) is 0 Å². The number of amides is 2. The highest BCUT2D eigenvalue weighted by Crippen LogP contribution is 2.24. The number of rotatable bonds is 7. The molecule has 3 rings (SSSR count). The van der Waals surface area contributed by atoms with E-state index in [2.05, 4.69) is 5.32 Å². The Labute approximate surface area is 173 Å². The van der Waals surface area contributed by atoms with E-state index in [-0.39, 0.29) is 30.4 Å². The van der Waals surface area contributed by atoms with Crippen LogP contribution in [-0.2, 0) is 30.9 Å². The Kier molecular flexibility index (Phi) is 6.30. The molecule has 0 radical (unpaired) electrons. The molecule has 2 amide bonds. The lowest BCUT2D eigenvalue weighted by Crippen LogP contribution is -2.38. The van der Waals surface area contributed by atoms with Crippen molar-refractivity contribution >= 4 is 33.5 Å². The zero-order valence-corrected chi connectivity index (χ0v) is 17.0. The predicted molar refractivity (Wildman–Crippen MR) is 108 cm³/mol. The molecule has 158 valence electrons. The maximum absolute atomic E-state index is 12.7. The van der Waals surface area contributed by atoms with Gasteiger partial charge in [0.1, 0.15) is 0 Å². The molecule has 0 aliphatic carbocycles. The molecule has 1 saturated heterocycles. The highest BCUT2D eigenvalue weighted by Gasteiger charge is 2.39. The van der Waals surface area contributed by atoms with Gasteiger partial charge in [0.05, 0.1) is 35.2 Å². The van der Waals surface area contributed by atoms with Crippen LogP contribution in [0.3, 0.4) is 0 Å². The van der Waals surface area contributed by atoms with Gasteiger partial charge in [-0.15, -0.1) is 0 Å². The third-order valence-corrected chi connectivity index (χ3v) is 5.52. The van der Waals surface area contributed by atoms with Crippen LogP contribution < -0.4 is 15.4 Å². The fraction of sp³-hybridized carbons (Fsp3) is 0.250. The van der Waals surface area contributed by atoms with Gasteiger partial charge in [-0.3, -0.25) is 9.59 Å². The first-order chi connectivity index (χ1) is 14.2. The standard InChI is InChI=1S/C20H21N3O6S/c1-2-29-20(26)14-5-7-15(8-6-14)23-18(24)11-17(19(23)25)22-12-13-3-9-16(10-4-13)30(21,27)28/h3-10,17,22H,2,11-12H2,1H3,(H2,21,27,28)/t17-/m0/s1. The maximum atomic E-state index is 12.7. The van der Waals surface area contributed by atoms with Crippen molar-refractivity contribution in [2.24, 2.45) is 5.14 Å². The molecule has 3 N–H and O–H groups in total. The number of primary sulfonamides is 1. The molecule has 0 bridgehead atoms. The van der Waals surface area contributed by atoms with Crippen LogP contribution in [-0.4, -0.2) is 38.9 Å². The summed E-state index contributed by atoms with van der Waals surface area (Å²) in [5.74, 6) is -1.23. The summed E-state index contributed by atoms with van der Waals surface area (Å²) in [6, 6.07) is 11.3. The lowest BCUT2D eigenvalue weighted by Gasteiger charge is -2.16. The zero-order valence-electron chi connectivity index (χ0n) is 16.2. The number of sulfonamides is 1. The van der Waals surface area contributed by atoms with Gasteiger partial charge in [0.2, 0.25) is 15.9 Å². The number of imide groups is 1. The monoisotopic (exact) mass is 431 g/mol. The van der Waals surface area contributed by atoms with E-state index in [1.54, 1.807) is 19.1 Å². The molecule has 0 spiro atoms. The van der Waals surface area contributed by atoms with Gasteiger partial charge in [-0.25, -0.2) is 23.3 Å². The molecular weight excluding hydrogens is 410 g/mol. The molecule has 1 atom stereocenters. The molecule has 2 aromatic rings. The van der Waals surface area contributed by atoms with E-state index in [9.17, 15) is 22.8 Å². The number of esters is 1. The summed E-state index contributed by atoms with van der Waals surface area (Å²) in [6.07, 6.45) is -0.00623. The zero-order chi connectivity index (χ0) is 21.9. The van der Waals surface area contributed by atoms with Crippen LogP contribution in [0.2, 0.25) is 0 Å². The van der Waals surface area contributed by atoms with E-state index < -0.39 is 27.9 Å². The summed E-state index contributed by atoms with van der Waals surface area (Å²) in [7, 11) is -3.77. The molecule has 0 saturated carbocycles. The number of nitrogens with zero attached hydrogens (tertiary/aromatic N) is 1. The Hall–Kier alpha value is -3.08. The third kappa shape index (κ3) is 4.73. The Morgan fingerprint density at radius 1 is 1.13 bits per heavy atom. The highest BCUT2D eigenvalue weighted by molar-refractivity contribution is 7.89. The number of benzene rings is 2. The van der Waals surface area contributed by atoms with Crippen molar-refractivity contribution < 1.29 is 27.5 Å². The van der Waals surface area contributed by atoms with E-state index in [1.807, 2.05) is 0 Å². The SMILES string of the molecule is CCOC(=O)c1ccc(N2C(=O)C[C@H](NCc3ccc(S(N)(=O)=O)cc3)C2=O)cc1. The number of hydrogen-bond donors (Lipinski definition) is 2. The summed E-state index contributed by atoms with van der Waals surface area (Å²) >= 11 is 0. The Bertz CT molecular complexity index is 1060. The summed E-state index contributed by atoms with van der Waals surface area (Å²) in [5, 5.41) is 8.08. The molecule has 30 heavy (non-hydrogen) atoms. The molecule has 0 aromatic heterocycles. The van der Waals surface area contributed by atoms with Crippen molar-refractivity contribution in [3.05, 3.63) is 59.7 Å². The maximum Gasteiger partial charge on any atom is 0.338 e. The summed E-state index contributed by atoms with van der Waals surface area (Å²) in [5.41, 5.74) is 1.44. The minimum absolute atomic E-state index is 0.00388. The Balaban J connectivity index is 1.65. The normalized spacial score (nSPS) is 16.7. The van der Waals surface area contributed by atoms with Crippen LogP contribution in [0.5, 0.6) is 0 Å². The number of carbonyl (C=O) groups excluding carboxylic acids is 3. The van der Waals surface area contributed by atoms with Crippen molar-refractivity contribution in [1.82, 2.24) is 5.32 Å². The third-order valence-electron chi connectivity index (χ3n) is 4.59. The summed E-state index contributed by atoms with van der Waals surface area (Å²) in [4.78, 5) is 37.9. The number of anilines is 1. The van der Waals surface area contributed by atoms with E-state index in [0.717, 1.165) is 10.5 Å². The van der Waals surface area contributed by atoms with Crippen molar-refractivity contribution in [3.63, 3.8) is 0 Å². The van der Waals surface area contributed by atoms with Gasteiger partial charge in [0.25, 0.3) is 5.91 Å². The average molecular weight is 431 g/mol.